The fraction of sp³-hybridized carbons (Fsp3) is 0.389. The zero-order chi connectivity index (χ0) is 21.3. The van der Waals surface area contributed by atoms with Gasteiger partial charge in [-0.1, -0.05) is 0 Å². The minimum atomic E-state index is -4.54. The zero-order valence-corrected chi connectivity index (χ0v) is 18.4. The van der Waals surface area contributed by atoms with Gasteiger partial charge in [0.25, 0.3) is 0 Å². The lowest BCUT2D eigenvalue weighted by atomic mass is 10.1. The summed E-state index contributed by atoms with van der Waals surface area (Å²) in [5.41, 5.74) is -0.796. The predicted molar refractivity (Wildman–Crippen MR) is 115 cm³/mol. The van der Waals surface area contributed by atoms with Crippen molar-refractivity contribution in [3.05, 3.63) is 53.4 Å². The summed E-state index contributed by atoms with van der Waals surface area (Å²) in [6.45, 7) is 3.21. The second-order valence-corrected chi connectivity index (χ2v) is 5.86. The number of benzene rings is 1. The molecule has 1 aromatic carbocycles. The zero-order valence-electron chi connectivity index (χ0n) is 16.1. The summed E-state index contributed by atoms with van der Waals surface area (Å²) in [4.78, 5) is 11.4. The third-order valence-electron chi connectivity index (χ3n) is 3.65. The van der Waals surface area contributed by atoms with Crippen LogP contribution in [0.15, 0.2) is 35.5 Å². The predicted octanol–water partition coefficient (Wildman–Crippen LogP) is 3.60. The number of rotatable bonds is 8. The number of hydrogen-bond acceptors (Lipinski definition) is 4. The molecule has 0 amide bonds. The molecular formula is C18H22F5IN6. The quantitative estimate of drug-likeness (QED) is 0.156. The van der Waals surface area contributed by atoms with E-state index in [1.165, 1.54) is 0 Å². The molecule has 0 aliphatic carbocycles. The fourth-order valence-corrected chi connectivity index (χ4v) is 2.32. The lowest BCUT2D eigenvalue weighted by Crippen LogP contribution is -2.39. The Bertz CT molecular complexity index is 831. The minimum Gasteiger partial charge on any atom is -0.357 e. The molecule has 0 radical (unpaired) electrons. The molecule has 0 saturated carbocycles. The van der Waals surface area contributed by atoms with Crippen molar-refractivity contribution in [1.29, 1.82) is 0 Å². The highest BCUT2D eigenvalue weighted by atomic mass is 127. The summed E-state index contributed by atoms with van der Waals surface area (Å²) >= 11 is 0. The molecule has 2 rings (SSSR count). The first-order valence-corrected chi connectivity index (χ1v) is 8.90. The average molecular weight is 544 g/mol. The van der Waals surface area contributed by atoms with E-state index in [9.17, 15) is 22.0 Å². The number of guanidine groups is 1. The monoisotopic (exact) mass is 544 g/mol. The first-order valence-electron chi connectivity index (χ1n) is 8.90. The van der Waals surface area contributed by atoms with Crippen LogP contribution in [0.5, 0.6) is 0 Å². The average Bonchev–Trinajstić information content (AvgIpc) is 2.67. The van der Waals surface area contributed by atoms with Crippen LogP contribution in [-0.2, 0) is 12.6 Å². The Labute approximate surface area is 187 Å². The normalized spacial score (nSPS) is 11.6. The molecule has 3 N–H and O–H groups in total. The molecule has 30 heavy (non-hydrogen) atoms. The van der Waals surface area contributed by atoms with Crippen molar-refractivity contribution >= 4 is 35.9 Å². The smallest absolute Gasteiger partial charge is 0.357 e. The Morgan fingerprint density at radius 2 is 1.87 bits per heavy atom. The van der Waals surface area contributed by atoms with Gasteiger partial charge in [-0.2, -0.15) is 13.2 Å². The van der Waals surface area contributed by atoms with Gasteiger partial charge in [0.15, 0.2) is 5.96 Å². The molecule has 0 aliphatic rings. The number of hydrogen-bond donors (Lipinski definition) is 3. The molecule has 1 aromatic heterocycles. The number of aliphatic imine (C=N–C) groups is 1. The van der Waals surface area contributed by atoms with Crippen LogP contribution >= 0.6 is 24.0 Å². The Kier molecular flexibility index (Phi) is 10.7. The van der Waals surface area contributed by atoms with Gasteiger partial charge < -0.3 is 16.0 Å². The van der Waals surface area contributed by atoms with Gasteiger partial charge in [0, 0.05) is 32.4 Å². The molecule has 6 nitrogen and oxygen atoms in total. The Hall–Kier alpha value is -2.25. The van der Waals surface area contributed by atoms with Crippen LogP contribution in [0.2, 0.25) is 0 Å². The van der Waals surface area contributed by atoms with Gasteiger partial charge in [-0.15, -0.1) is 24.0 Å². The number of alkyl halides is 3. The summed E-state index contributed by atoms with van der Waals surface area (Å²) in [6.07, 6.45) is -3.29. The summed E-state index contributed by atoms with van der Waals surface area (Å²) in [7, 11) is 0. The van der Waals surface area contributed by atoms with Crippen molar-refractivity contribution in [2.45, 2.75) is 19.5 Å². The highest BCUT2D eigenvalue weighted by Gasteiger charge is 2.32. The van der Waals surface area contributed by atoms with Crippen molar-refractivity contribution in [2.75, 3.05) is 31.5 Å². The first kappa shape index (κ1) is 25.8. The maximum Gasteiger partial charge on any atom is 0.433 e. The molecule has 0 fully saturated rings. The largest absolute Gasteiger partial charge is 0.433 e. The number of nitrogens with one attached hydrogen (secondary N) is 3. The molecule has 166 valence electrons. The summed E-state index contributed by atoms with van der Waals surface area (Å²) in [6, 6.07) is 4.04. The summed E-state index contributed by atoms with van der Waals surface area (Å²) in [5, 5.41) is 8.66. The fourth-order valence-electron chi connectivity index (χ4n) is 2.32. The van der Waals surface area contributed by atoms with E-state index in [1.54, 1.807) is 0 Å². The molecule has 2 aromatic rings. The molecule has 1 heterocycles. The van der Waals surface area contributed by atoms with Gasteiger partial charge in [0.1, 0.15) is 17.3 Å². The third kappa shape index (κ3) is 8.63. The van der Waals surface area contributed by atoms with Crippen LogP contribution in [0.4, 0.5) is 27.9 Å². The molecule has 0 spiro atoms. The minimum absolute atomic E-state index is 0. The van der Waals surface area contributed by atoms with E-state index in [4.69, 9.17) is 0 Å². The van der Waals surface area contributed by atoms with Gasteiger partial charge in [-0.3, -0.25) is 4.99 Å². The van der Waals surface area contributed by atoms with Crippen molar-refractivity contribution in [3.63, 3.8) is 0 Å². The van der Waals surface area contributed by atoms with E-state index in [2.05, 4.69) is 30.9 Å². The highest BCUT2D eigenvalue weighted by molar-refractivity contribution is 14.0. The second-order valence-electron chi connectivity index (χ2n) is 5.86. The van der Waals surface area contributed by atoms with Gasteiger partial charge in [0.05, 0.1) is 0 Å². The lowest BCUT2D eigenvalue weighted by molar-refractivity contribution is -0.141. The number of nitrogens with zero attached hydrogens (tertiary/aromatic N) is 3. The number of anilines is 1. The van der Waals surface area contributed by atoms with Crippen molar-refractivity contribution in [3.8, 4) is 0 Å². The number of halogens is 6. The molecule has 0 bridgehead atoms. The van der Waals surface area contributed by atoms with Crippen LogP contribution in [-0.4, -0.2) is 42.1 Å². The van der Waals surface area contributed by atoms with Gasteiger partial charge in [0.2, 0.25) is 5.95 Å². The second kappa shape index (κ2) is 12.4. The van der Waals surface area contributed by atoms with Crippen LogP contribution < -0.4 is 16.0 Å². The van der Waals surface area contributed by atoms with Crippen molar-refractivity contribution < 1.29 is 22.0 Å². The van der Waals surface area contributed by atoms with Crippen LogP contribution in [0.1, 0.15) is 18.2 Å². The molecule has 0 saturated heterocycles. The van der Waals surface area contributed by atoms with E-state index in [0.717, 1.165) is 30.5 Å². The number of aromatic nitrogens is 2. The van der Waals surface area contributed by atoms with E-state index in [0.29, 0.717) is 19.0 Å². The van der Waals surface area contributed by atoms with Crippen LogP contribution in [0.3, 0.4) is 0 Å². The van der Waals surface area contributed by atoms with Crippen LogP contribution in [0, 0.1) is 11.6 Å². The summed E-state index contributed by atoms with van der Waals surface area (Å²) < 4.78 is 64.7. The van der Waals surface area contributed by atoms with E-state index < -0.39 is 23.5 Å². The maximum atomic E-state index is 13.6. The van der Waals surface area contributed by atoms with Gasteiger partial charge in [-0.05, 0) is 43.2 Å². The standard InChI is InChI=1S/C18H21F5N6.HI/c1-2-24-16(25-7-5-12-11-13(19)3-4-14(12)20)27-9-10-28-17-26-8-6-15(29-17)18(21,22)23;/h3-4,6,8,11H,2,5,7,9-10H2,1H3,(H2,24,25,27)(H,26,28,29);1H. The third-order valence-corrected chi connectivity index (χ3v) is 3.65. The molecule has 12 heteroatoms. The SMILES string of the molecule is CCNC(=NCCc1cc(F)ccc1F)NCCNc1nccc(C(F)(F)F)n1.I. The molecule has 0 unspecified atom stereocenters. The van der Waals surface area contributed by atoms with Crippen LogP contribution in [0.25, 0.3) is 0 Å². The van der Waals surface area contributed by atoms with E-state index in [-0.39, 0.29) is 55.0 Å². The Balaban J connectivity index is 0.00000450. The topological polar surface area (TPSA) is 74.2 Å². The first-order chi connectivity index (χ1) is 13.8. The van der Waals surface area contributed by atoms with Gasteiger partial charge >= 0.3 is 6.18 Å². The molecule has 0 atom stereocenters. The Morgan fingerprint density at radius 1 is 1.10 bits per heavy atom. The molecule has 0 aliphatic heterocycles. The maximum absolute atomic E-state index is 13.6. The summed E-state index contributed by atoms with van der Waals surface area (Å²) in [5.74, 6) is -0.704. The molecular weight excluding hydrogens is 522 g/mol. The lowest BCUT2D eigenvalue weighted by Gasteiger charge is -2.12. The van der Waals surface area contributed by atoms with Crippen molar-refractivity contribution in [1.82, 2.24) is 20.6 Å². The van der Waals surface area contributed by atoms with E-state index in [1.807, 2.05) is 6.92 Å². The Morgan fingerprint density at radius 3 is 2.57 bits per heavy atom. The van der Waals surface area contributed by atoms with E-state index >= 15 is 0 Å². The highest BCUT2D eigenvalue weighted by Crippen LogP contribution is 2.27. The van der Waals surface area contributed by atoms with Gasteiger partial charge in [-0.25, -0.2) is 18.7 Å². The van der Waals surface area contributed by atoms with Crippen molar-refractivity contribution in [2.24, 2.45) is 4.99 Å².